The highest BCUT2D eigenvalue weighted by atomic mass is 15.4. The molecule has 17 heavy (non-hydrogen) atoms. The van der Waals surface area contributed by atoms with E-state index < -0.39 is 0 Å². The van der Waals surface area contributed by atoms with Gasteiger partial charge in [-0.05, 0) is 6.92 Å². The van der Waals surface area contributed by atoms with E-state index in [1.165, 1.54) is 0 Å². The average Bonchev–Trinajstić information content (AvgIpc) is 2.71. The van der Waals surface area contributed by atoms with Gasteiger partial charge in [0.15, 0.2) is 17.0 Å². The van der Waals surface area contributed by atoms with Gasteiger partial charge >= 0.3 is 0 Å². The van der Waals surface area contributed by atoms with Crippen molar-refractivity contribution >= 4 is 17.0 Å². The van der Waals surface area contributed by atoms with Crippen LogP contribution in [0.3, 0.4) is 0 Å². The molecular formula is C10H15N7. The Kier molecular flexibility index (Phi) is 2.40. The first-order valence-corrected chi connectivity index (χ1v) is 5.74. The second kappa shape index (κ2) is 3.92. The van der Waals surface area contributed by atoms with Gasteiger partial charge in [-0.1, -0.05) is 5.21 Å². The van der Waals surface area contributed by atoms with E-state index in [9.17, 15) is 0 Å². The minimum atomic E-state index is 0.463. The van der Waals surface area contributed by atoms with Gasteiger partial charge in [0.1, 0.15) is 6.33 Å². The summed E-state index contributed by atoms with van der Waals surface area (Å²) in [6, 6.07) is 0.463. The summed E-state index contributed by atoms with van der Waals surface area (Å²) in [5, 5.41) is 11.5. The van der Waals surface area contributed by atoms with Crippen molar-refractivity contribution in [1.29, 1.82) is 0 Å². The maximum absolute atomic E-state index is 4.35. The monoisotopic (exact) mass is 233 g/mol. The van der Waals surface area contributed by atoms with Gasteiger partial charge in [-0.3, -0.25) is 0 Å². The molecule has 0 saturated carbocycles. The van der Waals surface area contributed by atoms with Crippen molar-refractivity contribution in [2.24, 2.45) is 7.05 Å². The number of hydrogen-bond acceptors (Lipinski definition) is 6. The van der Waals surface area contributed by atoms with Crippen molar-refractivity contribution in [1.82, 2.24) is 30.3 Å². The molecule has 90 valence electrons. The van der Waals surface area contributed by atoms with Gasteiger partial charge < -0.3 is 10.2 Å². The molecular weight excluding hydrogens is 218 g/mol. The number of rotatable bonds is 1. The third-order valence-corrected chi connectivity index (χ3v) is 3.04. The summed E-state index contributed by atoms with van der Waals surface area (Å²) in [6.45, 7) is 5.00. The topological polar surface area (TPSA) is 71.8 Å². The molecule has 1 saturated heterocycles. The number of nitrogens with one attached hydrogen (secondary N) is 1. The van der Waals surface area contributed by atoms with E-state index in [-0.39, 0.29) is 0 Å². The van der Waals surface area contributed by atoms with Gasteiger partial charge in [-0.2, -0.15) is 0 Å². The minimum Gasteiger partial charge on any atom is -0.352 e. The summed E-state index contributed by atoms with van der Waals surface area (Å²) in [6.07, 6.45) is 1.58. The molecule has 1 N–H and O–H groups in total. The second-order valence-electron chi connectivity index (χ2n) is 4.38. The summed E-state index contributed by atoms with van der Waals surface area (Å²) < 4.78 is 1.67. The number of fused-ring (bicyclic) bond motifs is 1. The predicted octanol–water partition coefficient (Wildman–Crippen LogP) is -0.444. The Morgan fingerprint density at radius 1 is 1.41 bits per heavy atom. The molecule has 7 heteroatoms. The zero-order chi connectivity index (χ0) is 11.8. The fraction of sp³-hybridized carbons (Fsp3) is 0.600. The van der Waals surface area contributed by atoms with Crippen LogP contribution in [0.4, 0.5) is 5.82 Å². The minimum absolute atomic E-state index is 0.463. The fourth-order valence-electron chi connectivity index (χ4n) is 2.20. The van der Waals surface area contributed by atoms with Crippen LogP contribution in [0.2, 0.25) is 0 Å². The molecule has 2 aromatic heterocycles. The summed E-state index contributed by atoms with van der Waals surface area (Å²) in [5.41, 5.74) is 1.56. The van der Waals surface area contributed by atoms with E-state index in [0.29, 0.717) is 6.04 Å². The molecule has 7 nitrogen and oxygen atoms in total. The summed E-state index contributed by atoms with van der Waals surface area (Å²) in [5.74, 6) is 0.886. The first kappa shape index (κ1) is 10.4. The Bertz CT molecular complexity index is 534. The quantitative estimate of drug-likeness (QED) is 0.719. The van der Waals surface area contributed by atoms with Crippen molar-refractivity contribution in [3.63, 3.8) is 0 Å². The number of nitrogens with zero attached hydrogens (tertiary/aromatic N) is 6. The molecule has 1 aliphatic rings. The van der Waals surface area contributed by atoms with Crippen molar-refractivity contribution in [2.75, 3.05) is 24.5 Å². The highest BCUT2D eigenvalue weighted by molar-refractivity contribution is 5.82. The van der Waals surface area contributed by atoms with Crippen LogP contribution in [-0.4, -0.2) is 50.6 Å². The number of aromatic nitrogens is 5. The van der Waals surface area contributed by atoms with Gasteiger partial charge in [0, 0.05) is 32.7 Å². The Balaban J connectivity index is 2.04. The van der Waals surface area contributed by atoms with E-state index in [1.54, 1.807) is 11.0 Å². The van der Waals surface area contributed by atoms with Crippen LogP contribution >= 0.6 is 0 Å². The van der Waals surface area contributed by atoms with Crippen molar-refractivity contribution in [2.45, 2.75) is 13.0 Å². The van der Waals surface area contributed by atoms with Crippen LogP contribution in [0.5, 0.6) is 0 Å². The SMILES string of the molecule is C[C@@H]1CN(c2ncnc3c2nnn3C)CCN1. The van der Waals surface area contributed by atoms with E-state index in [1.807, 2.05) is 7.05 Å². The van der Waals surface area contributed by atoms with Crippen LogP contribution in [0.15, 0.2) is 6.33 Å². The number of aryl methyl sites for hydroxylation is 1. The molecule has 1 aliphatic heterocycles. The van der Waals surface area contributed by atoms with E-state index >= 15 is 0 Å². The Hall–Kier alpha value is -1.76. The molecule has 0 aromatic carbocycles. The molecule has 1 fully saturated rings. The first-order chi connectivity index (χ1) is 8.25. The Labute approximate surface area is 98.8 Å². The van der Waals surface area contributed by atoms with Crippen molar-refractivity contribution in [3.8, 4) is 0 Å². The molecule has 0 radical (unpaired) electrons. The number of anilines is 1. The zero-order valence-corrected chi connectivity index (χ0v) is 9.96. The van der Waals surface area contributed by atoms with E-state index in [2.05, 4.69) is 37.4 Å². The smallest absolute Gasteiger partial charge is 0.183 e. The third-order valence-electron chi connectivity index (χ3n) is 3.04. The van der Waals surface area contributed by atoms with Gasteiger partial charge in [0.25, 0.3) is 0 Å². The second-order valence-corrected chi connectivity index (χ2v) is 4.38. The Morgan fingerprint density at radius 3 is 3.12 bits per heavy atom. The van der Waals surface area contributed by atoms with Crippen LogP contribution in [-0.2, 0) is 7.05 Å². The Morgan fingerprint density at radius 2 is 2.29 bits per heavy atom. The molecule has 1 atom stereocenters. The highest BCUT2D eigenvalue weighted by Gasteiger charge is 2.20. The third kappa shape index (κ3) is 1.72. The van der Waals surface area contributed by atoms with Gasteiger partial charge in [-0.15, -0.1) is 5.10 Å². The predicted molar refractivity (Wildman–Crippen MR) is 63.8 cm³/mol. The average molecular weight is 233 g/mol. The zero-order valence-electron chi connectivity index (χ0n) is 9.96. The normalized spacial score (nSPS) is 21.1. The standard InChI is InChI=1S/C10H15N7/c1-7-5-17(4-3-11-7)10-8-9(12-6-13-10)16(2)15-14-8/h6-7,11H,3-5H2,1-2H3/t7-/m1/s1. The van der Waals surface area contributed by atoms with Crippen LogP contribution < -0.4 is 10.2 Å². The van der Waals surface area contributed by atoms with Crippen LogP contribution in [0.25, 0.3) is 11.2 Å². The molecule has 2 aromatic rings. The van der Waals surface area contributed by atoms with E-state index in [0.717, 1.165) is 36.6 Å². The van der Waals surface area contributed by atoms with E-state index in [4.69, 9.17) is 0 Å². The summed E-state index contributed by atoms with van der Waals surface area (Å²) in [4.78, 5) is 10.8. The molecule has 0 unspecified atom stereocenters. The van der Waals surface area contributed by atoms with Gasteiger partial charge in [0.2, 0.25) is 0 Å². The summed E-state index contributed by atoms with van der Waals surface area (Å²) >= 11 is 0. The molecule has 3 rings (SSSR count). The summed E-state index contributed by atoms with van der Waals surface area (Å²) in [7, 11) is 1.84. The van der Waals surface area contributed by atoms with Crippen LogP contribution in [0.1, 0.15) is 6.92 Å². The highest BCUT2D eigenvalue weighted by Crippen LogP contribution is 2.20. The number of piperazine rings is 1. The maximum Gasteiger partial charge on any atom is 0.183 e. The fourth-order valence-corrected chi connectivity index (χ4v) is 2.20. The molecule has 0 spiro atoms. The number of hydrogen-bond donors (Lipinski definition) is 1. The van der Waals surface area contributed by atoms with Crippen LogP contribution in [0, 0.1) is 0 Å². The van der Waals surface area contributed by atoms with Crippen molar-refractivity contribution < 1.29 is 0 Å². The lowest BCUT2D eigenvalue weighted by Gasteiger charge is -2.32. The maximum atomic E-state index is 4.35. The molecule has 3 heterocycles. The van der Waals surface area contributed by atoms with Gasteiger partial charge in [0.05, 0.1) is 0 Å². The largest absolute Gasteiger partial charge is 0.352 e. The molecule has 0 bridgehead atoms. The lowest BCUT2D eigenvalue weighted by atomic mass is 10.2. The van der Waals surface area contributed by atoms with Gasteiger partial charge in [-0.25, -0.2) is 14.6 Å². The lowest BCUT2D eigenvalue weighted by molar-refractivity contribution is 0.483. The molecule has 0 aliphatic carbocycles. The first-order valence-electron chi connectivity index (χ1n) is 5.74. The molecule has 0 amide bonds. The lowest BCUT2D eigenvalue weighted by Crippen LogP contribution is -2.49. The van der Waals surface area contributed by atoms with Crippen molar-refractivity contribution in [3.05, 3.63) is 6.33 Å².